The van der Waals surface area contributed by atoms with E-state index in [1.54, 1.807) is 0 Å². The molecule has 4 aromatic rings. The minimum Gasteiger partial charge on any atom is -0.324 e. The van der Waals surface area contributed by atoms with Crippen molar-refractivity contribution in [2.75, 3.05) is 11.1 Å². The van der Waals surface area contributed by atoms with Crippen molar-refractivity contribution in [3.63, 3.8) is 0 Å². The molecule has 1 amide bonds. The first kappa shape index (κ1) is 20.4. The zero-order valence-electron chi connectivity index (χ0n) is 16.0. The van der Waals surface area contributed by atoms with Crippen molar-refractivity contribution >= 4 is 39.3 Å². The molecule has 0 bridgehead atoms. The maximum Gasteiger partial charge on any atom is 0.234 e. The number of carbonyl (C=O) groups excluding carboxylic acids is 1. The number of halogens is 1. The summed E-state index contributed by atoms with van der Waals surface area (Å²) in [4.78, 5) is 12.5. The normalized spacial score (nSPS) is 10.7. The molecule has 0 atom stereocenters. The Labute approximate surface area is 187 Å². The van der Waals surface area contributed by atoms with E-state index < -0.39 is 0 Å². The molecule has 0 fully saturated rings. The summed E-state index contributed by atoms with van der Waals surface area (Å²) in [6, 6.07) is 27.7. The second-order valence-corrected chi connectivity index (χ2v) is 8.36. The number of thioether (sulfide) groups is 1. The van der Waals surface area contributed by atoms with E-state index in [4.69, 9.17) is 0 Å². The summed E-state index contributed by atoms with van der Waals surface area (Å²) in [5.74, 6) is 0.929. The number of para-hydroxylation sites is 1. The fraction of sp³-hybridized carbons (Fsp3) is 0.0870. The van der Waals surface area contributed by atoms with E-state index >= 15 is 0 Å². The van der Waals surface area contributed by atoms with Gasteiger partial charge in [0.05, 0.1) is 18.0 Å². The van der Waals surface area contributed by atoms with Crippen molar-refractivity contribution in [2.24, 2.45) is 0 Å². The van der Waals surface area contributed by atoms with Crippen LogP contribution in [0.15, 0.2) is 94.6 Å². The highest BCUT2D eigenvalue weighted by Gasteiger charge is 2.16. The molecular formula is C23H19BrN4OS. The molecule has 5 nitrogen and oxygen atoms in total. The van der Waals surface area contributed by atoms with Gasteiger partial charge in [0.15, 0.2) is 11.0 Å². The summed E-state index contributed by atoms with van der Waals surface area (Å²) < 4.78 is 2.91. The molecule has 150 valence electrons. The van der Waals surface area contributed by atoms with Gasteiger partial charge < -0.3 is 5.32 Å². The first-order valence-electron chi connectivity index (χ1n) is 9.40. The van der Waals surface area contributed by atoms with E-state index in [0.29, 0.717) is 11.7 Å². The molecule has 0 spiro atoms. The van der Waals surface area contributed by atoms with E-state index in [1.165, 1.54) is 11.8 Å². The second kappa shape index (κ2) is 9.73. The van der Waals surface area contributed by atoms with Crippen LogP contribution in [-0.4, -0.2) is 26.4 Å². The van der Waals surface area contributed by atoms with Crippen LogP contribution in [0.3, 0.4) is 0 Å². The lowest BCUT2D eigenvalue weighted by Crippen LogP contribution is -2.15. The summed E-state index contributed by atoms with van der Waals surface area (Å²) in [5, 5.41) is 12.4. The van der Waals surface area contributed by atoms with Gasteiger partial charge in [-0.15, -0.1) is 10.2 Å². The van der Waals surface area contributed by atoms with E-state index in [-0.39, 0.29) is 11.7 Å². The number of nitrogens with zero attached hydrogens (tertiary/aromatic N) is 3. The van der Waals surface area contributed by atoms with Crippen molar-refractivity contribution in [3.05, 3.63) is 95.0 Å². The molecule has 3 aromatic carbocycles. The zero-order valence-corrected chi connectivity index (χ0v) is 18.4. The highest BCUT2D eigenvalue weighted by Crippen LogP contribution is 2.26. The Morgan fingerprint density at radius 3 is 2.30 bits per heavy atom. The molecule has 0 saturated heterocycles. The van der Waals surface area contributed by atoms with Crippen LogP contribution in [0, 0.1) is 0 Å². The van der Waals surface area contributed by atoms with Gasteiger partial charge in [-0.3, -0.25) is 9.36 Å². The summed E-state index contributed by atoms with van der Waals surface area (Å²) in [5.41, 5.74) is 2.89. The van der Waals surface area contributed by atoms with Crippen LogP contribution in [-0.2, 0) is 11.3 Å². The molecule has 30 heavy (non-hydrogen) atoms. The number of anilines is 1. The average molecular weight is 479 g/mol. The van der Waals surface area contributed by atoms with Crippen molar-refractivity contribution in [3.8, 4) is 11.4 Å². The Hall–Kier alpha value is -2.90. The van der Waals surface area contributed by atoms with Gasteiger partial charge in [-0.1, -0.05) is 84.6 Å². The number of carbonyl (C=O) groups is 1. The minimum atomic E-state index is -0.0950. The Kier molecular flexibility index (Phi) is 6.61. The highest BCUT2D eigenvalue weighted by molar-refractivity contribution is 9.10. The molecule has 1 heterocycles. The van der Waals surface area contributed by atoms with Crippen LogP contribution in [0.2, 0.25) is 0 Å². The third-order valence-electron chi connectivity index (χ3n) is 4.41. The Morgan fingerprint density at radius 2 is 1.57 bits per heavy atom. The molecule has 0 aliphatic rings. The predicted octanol–water partition coefficient (Wildman–Crippen LogP) is 5.49. The maximum absolute atomic E-state index is 12.5. The van der Waals surface area contributed by atoms with Gasteiger partial charge in [0.1, 0.15) is 0 Å². The summed E-state index contributed by atoms with van der Waals surface area (Å²) in [7, 11) is 0. The van der Waals surface area contributed by atoms with Crippen molar-refractivity contribution in [2.45, 2.75) is 11.7 Å². The molecule has 0 saturated carbocycles. The number of aromatic nitrogens is 3. The largest absolute Gasteiger partial charge is 0.324 e. The van der Waals surface area contributed by atoms with Gasteiger partial charge in [-0.2, -0.15) is 0 Å². The standard InChI is InChI=1S/C23H19BrN4OS/c24-19-13-7-8-14-20(19)25-21(29)16-30-23-27-26-22(18-11-5-2-6-12-18)28(23)15-17-9-3-1-4-10-17/h1-14H,15-16H2,(H,25,29). The molecule has 0 aliphatic heterocycles. The lowest BCUT2D eigenvalue weighted by Gasteiger charge is -2.11. The first-order chi connectivity index (χ1) is 14.7. The van der Waals surface area contributed by atoms with Gasteiger partial charge in [0, 0.05) is 10.0 Å². The smallest absolute Gasteiger partial charge is 0.234 e. The molecule has 4 rings (SSSR count). The third kappa shape index (κ3) is 4.98. The summed E-state index contributed by atoms with van der Waals surface area (Å²) >= 11 is 4.83. The predicted molar refractivity (Wildman–Crippen MR) is 124 cm³/mol. The average Bonchev–Trinajstić information content (AvgIpc) is 3.17. The topological polar surface area (TPSA) is 59.8 Å². The van der Waals surface area contributed by atoms with E-state index in [9.17, 15) is 4.79 Å². The van der Waals surface area contributed by atoms with Crippen LogP contribution in [0.1, 0.15) is 5.56 Å². The Balaban J connectivity index is 1.54. The monoisotopic (exact) mass is 478 g/mol. The highest BCUT2D eigenvalue weighted by atomic mass is 79.9. The van der Waals surface area contributed by atoms with Crippen LogP contribution >= 0.6 is 27.7 Å². The van der Waals surface area contributed by atoms with Crippen LogP contribution in [0.5, 0.6) is 0 Å². The van der Waals surface area contributed by atoms with Crippen molar-refractivity contribution in [1.29, 1.82) is 0 Å². The number of nitrogens with one attached hydrogen (secondary N) is 1. The second-order valence-electron chi connectivity index (χ2n) is 6.56. The number of rotatable bonds is 7. The Morgan fingerprint density at radius 1 is 0.900 bits per heavy atom. The van der Waals surface area contributed by atoms with Crippen LogP contribution in [0.4, 0.5) is 5.69 Å². The summed E-state index contributed by atoms with van der Waals surface area (Å²) in [6.07, 6.45) is 0. The fourth-order valence-corrected chi connectivity index (χ4v) is 4.11. The Bertz CT molecular complexity index is 1130. The zero-order chi connectivity index (χ0) is 20.8. The number of benzene rings is 3. The lowest BCUT2D eigenvalue weighted by atomic mass is 10.2. The quantitative estimate of drug-likeness (QED) is 0.357. The molecule has 0 radical (unpaired) electrons. The molecule has 1 N–H and O–H groups in total. The van der Waals surface area contributed by atoms with Crippen LogP contribution < -0.4 is 5.32 Å². The number of hydrogen-bond acceptors (Lipinski definition) is 4. The molecule has 1 aromatic heterocycles. The SMILES string of the molecule is O=C(CSc1nnc(-c2ccccc2)n1Cc1ccccc1)Nc1ccccc1Br. The maximum atomic E-state index is 12.5. The fourth-order valence-electron chi connectivity index (χ4n) is 2.98. The molecule has 7 heteroatoms. The van der Waals surface area contributed by atoms with Gasteiger partial charge in [0.2, 0.25) is 5.91 Å². The van der Waals surface area contributed by atoms with Gasteiger partial charge >= 0.3 is 0 Å². The number of amides is 1. The lowest BCUT2D eigenvalue weighted by molar-refractivity contribution is -0.113. The van der Waals surface area contributed by atoms with E-state index in [1.807, 2.05) is 72.8 Å². The van der Waals surface area contributed by atoms with Crippen LogP contribution in [0.25, 0.3) is 11.4 Å². The number of hydrogen-bond donors (Lipinski definition) is 1. The van der Waals surface area contributed by atoms with Gasteiger partial charge in [0.25, 0.3) is 0 Å². The van der Waals surface area contributed by atoms with Gasteiger partial charge in [-0.25, -0.2) is 0 Å². The molecule has 0 unspecified atom stereocenters. The van der Waals surface area contributed by atoms with E-state index in [2.05, 4.69) is 48.1 Å². The molecule has 0 aliphatic carbocycles. The first-order valence-corrected chi connectivity index (χ1v) is 11.2. The summed E-state index contributed by atoms with van der Waals surface area (Å²) in [6.45, 7) is 0.631. The van der Waals surface area contributed by atoms with Gasteiger partial charge in [-0.05, 0) is 33.6 Å². The van der Waals surface area contributed by atoms with Crippen molar-refractivity contribution in [1.82, 2.24) is 14.8 Å². The third-order valence-corrected chi connectivity index (χ3v) is 6.07. The van der Waals surface area contributed by atoms with Crippen molar-refractivity contribution < 1.29 is 4.79 Å². The minimum absolute atomic E-state index is 0.0950. The molecular weight excluding hydrogens is 460 g/mol. The van der Waals surface area contributed by atoms with E-state index in [0.717, 1.165) is 27.1 Å².